The van der Waals surface area contributed by atoms with Crippen LogP contribution in [0.3, 0.4) is 0 Å². The molecule has 2 unspecified atom stereocenters. The predicted molar refractivity (Wildman–Crippen MR) is 172 cm³/mol. The van der Waals surface area contributed by atoms with Crippen LogP contribution < -0.4 is 9.05 Å². The van der Waals surface area contributed by atoms with Crippen LogP contribution in [0.15, 0.2) is 68.5 Å². The number of aromatic nitrogens is 1. The van der Waals surface area contributed by atoms with Gasteiger partial charge < -0.3 is 14.6 Å². The number of benzene rings is 2. The molecule has 0 bridgehead atoms. The molecule has 4 N–H and O–H groups in total. The number of rotatable bonds is 13. The predicted octanol–water partition coefficient (Wildman–Crippen LogP) is 5.87. The third kappa shape index (κ3) is 6.88. The number of nitrogens with zero attached hydrogens (tertiary/aromatic N) is 2. The number of aryl methyl sites for hydroxylation is 1. The zero-order valence-electron chi connectivity index (χ0n) is 26.0. The lowest BCUT2D eigenvalue weighted by molar-refractivity contribution is -0.678. The molecule has 2 aliphatic rings. The van der Waals surface area contributed by atoms with Gasteiger partial charge in [0.2, 0.25) is 5.58 Å². The van der Waals surface area contributed by atoms with Gasteiger partial charge in [0.25, 0.3) is 15.6 Å². The number of carbonyl (C=O) groups is 2. The van der Waals surface area contributed by atoms with Crippen LogP contribution in [0.5, 0.6) is 0 Å². The molecular formula is C32H38N2O11S2+2. The van der Waals surface area contributed by atoms with E-state index in [0.29, 0.717) is 60.8 Å². The summed E-state index contributed by atoms with van der Waals surface area (Å²) in [6.45, 7) is 4.93. The number of allylic oxidation sites excluding steroid dienone is 3. The highest BCUT2D eigenvalue weighted by Crippen LogP contribution is 2.56. The quantitative estimate of drug-likeness (QED) is 0.0318. The van der Waals surface area contributed by atoms with Gasteiger partial charge in [0.15, 0.2) is 12.6 Å². The van der Waals surface area contributed by atoms with E-state index in [0.717, 1.165) is 41.7 Å². The molecule has 2 aliphatic heterocycles. The van der Waals surface area contributed by atoms with E-state index < -0.39 is 33.5 Å². The second kappa shape index (κ2) is 13.9. The van der Waals surface area contributed by atoms with Crippen molar-refractivity contribution in [3.8, 4) is 0 Å². The minimum absolute atomic E-state index is 0.0530. The second-order valence-electron chi connectivity index (χ2n) is 12.3. The number of hydrogen-bond acceptors (Lipinski definition) is 9. The minimum atomic E-state index is -4.53. The van der Waals surface area contributed by atoms with Crippen molar-refractivity contribution in [3.05, 3.63) is 65.7 Å². The molecule has 2 aromatic carbocycles. The molecular weight excluding hydrogens is 652 g/mol. The largest absolute Gasteiger partial charge is 0.481 e. The first-order valence-electron chi connectivity index (χ1n) is 15.3. The first-order chi connectivity index (χ1) is 22.3. The maximum Gasteiger partial charge on any atom is 0.374 e. The number of unbranched alkanes of at least 4 members (excludes halogenated alkanes) is 2. The first kappa shape index (κ1) is 34.8. The third-order valence-electron chi connectivity index (χ3n) is 9.12. The topological polar surface area (TPSA) is 185 Å². The molecule has 3 heterocycles. The number of quaternary nitrogens is 1. The number of fused-ring (bicyclic) bond motifs is 3. The van der Waals surface area contributed by atoms with Gasteiger partial charge in [-0.3, -0.25) is 9.35 Å². The van der Waals surface area contributed by atoms with E-state index in [1.807, 2.05) is 30.6 Å². The molecule has 0 radical (unpaired) electrons. The van der Waals surface area contributed by atoms with Crippen LogP contribution in [0.4, 0.5) is 5.69 Å². The van der Waals surface area contributed by atoms with E-state index in [4.69, 9.17) is 14.8 Å². The molecule has 1 fully saturated rings. The van der Waals surface area contributed by atoms with Crippen LogP contribution in [-0.4, -0.2) is 53.0 Å². The summed E-state index contributed by atoms with van der Waals surface area (Å²) >= 11 is 0.811. The second-order valence-corrected chi connectivity index (χ2v) is 14.5. The summed E-state index contributed by atoms with van der Waals surface area (Å²) in [6, 6.07) is 8.87. The number of carboxylic acids is 2. The number of oxazole rings is 1. The van der Waals surface area contributed by atoms with Crippen molar-refractivity contribution in [2.24, 2.45) is 0 Å². The molecule has 13 nitrogen and oxygen atoms in total. The highest BCUT2D eigenvalue weighted by atomic mass is 32.2. The molecule has 0 saturated carbocycles. The molecule has 1 spiro atoms. The van der Waals surface area contributed by atoms with Gasteiger partial charge in [0.05, 0.1) is 35.0 Å². The summed E-state index contributed by atoms with van der Waals surface area (Å²) in [5, 5.41) is 31.8. The lowest BCUT2D eigenvalue weighted by Crippen LogP contribution is -2.61. The van der Waals surface area contributed by atoms with E-state index in [-0.39, 0.29) is 15.8 Å². The molecule has 0 amide bonds. The Morgan fingerprint density at radius 2 is 1.91 bits per heavy atom. The Morgan fingerprint density at radius 1 is 1.13 bits per heavy atom. The van der Waals surface area contributed by atoms with E-state index in [9.17, 15) is 27.7 Å². The highest BCUT2D eigenvalue weighted by Gasteiger charge is 2.60. The van der Waals surface area contributed by atoms with Gasteiger partial charge in [0.1, 0.15) is 11.4 Å². The lowest BCUT2D eigenvalue weighted by atomic mass is 9.83. The fourth-order valence-corrected chi connectivity index (χ4v) is 7.98. The summed E-state index contributed by atoms with van der Waals surface area (Å²) < 4.78 is 46.9. The molecule has 15 heteroatoms. The van der Waals surface area contributed by atoms with Crippen LogP contribution >= 0.6 is 12.0 Å². The van der Waals surface area contributed by atoms with Gasteiger partial charge in [-0.25, -0.2) is 14.5 Å². The van der Waals surface area contributed by atoms with Gasteiger partial charge in [-0.1, -0.05) is 11.1 Å². The first-order valence-corrected chi connectivity index (χ1v) is 17.4. The van der Waals surface area contributed by atoms with Crippen molar-refractivity contribution < 1.29 is 56.4 Å². The van der Waals surface area contributed by atoms with Crippen molar-refractivity contribution in [1.29, 1.82) is 0 Å². The summed E-state index contributed by atoms with van der Waals surface area (Å²) in [7, 11) is -4.53. The molecule has 0 aliphatic carbocycles. The monoisotopic (exact) mass is 690 g/mol. The number of piperidine rings is 1. The van der Waals surface area contributed by atoms with Crippen LogP contribution in [-0.2, 0) is 41.0 Å². The Kier molecular flexibility index (Phi) is 10.3. The molecule has 1 saturated heterocycles. The molecule has 252 valence electrons. The van der Waals surface area contributed by atoms with E-state index >= 15 is 0 Å². The number of hydrogen-bond donors (Lipinski definition) is 4. The lowest BCUT2D eigenvalue weighted by Gasteiger charge is -2.44. The standard InChI is InChI=1S/C32H36N2O11S2/c1-32(2)23-15-14-22(47(40,41)42)20-26(23)34(18-7-5-9-25(34)31(37)38)28(32)10-8-11-29-33(17-6-3-4-12-30(35)36)24-19-21(46-45-44-39)13-16-27(24)43-29/h8,10-11,13-16,19-20,25H,3-7,9,12,17-18H2,1-2H3,(H2-2,35,36,37,38,39,40,41,42)/p+2/b11-8+,28-10+. The summed E-state index contributed by atoms with van der Waals surface area (Å²) in [4.78, 5) is 24.1. The van der Waals surface area contributed by atoms with Crippen LogP contribution in [0.1, 0.15) is 70.2 Å². The SMILES string of the molecule is CC1(C)/C(=C\C=C\c2oc3ccc(SOOO)cc3[n+]2CCCCCC(=O)O)[N+]2(CCCCC2C(=O)O)c2cc(S(=O)(=O)O)ccc21. The van der Waals surface area contributed by atoms with Gasteiger partial charge in [-0.2, -0.15) is 13.0 Å². The maximum atomic E-state index is 12.8. The molecule has 1 aromatic heterocycles. The fourth-order valence-electron chi connectivity index (χ4n) is 7.09. The average molecular weight is 691 g/mol. The molecule has 2 atom stereocenters. The van der Waals surface area contributed by atoms with Crippen molar-refractivity contribution >= 4 is 57.0 Å². The smallest absolute Gasteiger partial charge is 0.374 e. The summed E-state index contributed by atoms with van der Waals surface area (Å²) in [5.74, 6) is -1.33. The third-order valence-corrected chi connectivity index (χ3v) is 10.5. The normalized spacial score (nSPS) is 21.6. The Hall–Kier alpha value is -3.57. The number of carboxylic acid groups (broad SMARTS) is 2. The Labute approximate surface area is 276 Å². The van der Waals surface area contributed by atoms with Crippen LogP contribution in [0.2, 0.25) is 0 Å². The van der Waals surface area contributed by atoms with Crippen molar-refractivity contribution in [2.75, 3.05) is 6.54 Å². The molecule has 3 aromatic rings. The maximum absolute atomic E-state index is 12.8. The van der Waals surface area contributed by atoms with Crippen molar-refractivity contribution in [2.45, 2.75) is 86.6 Å². The Balaban J connectivity index is 1.59. The Bertz CT molecular complexity index is 1850. The molecule has 47 heavy (non-hydrogen) atoms. The Morgan fingerprint density at radius 3 is 2.62 bits per heavy atom. The van der Waals surface area contributed by atoms with E-state index in [1.165, 1.54) is 12.1 Å². The molecule has 5 rings (SSSR count). The van der Waals surface area contributed by atoms with E-state index in [1.54, 1.807) is 30.4 Å². The average Bonchev–Trinajstić information content (AvgIpc) is 3.44. The van der Waals surface area contributed by atoms with Gasteiger partial charge >= 0.3 is 17.8 Å². The van der Waals surface area contributed by atoms with Crippen LogP contribution in [0, 0.1) is 0 Å². The van der Waals surface area contributed by atoms with Gasteiger partial charge in [0, 0.05) is 41.9 Å². The minimum Gasteiger partial charge on any atom is -0.481 e. The summed E-state index contributed by atoms with van der Waals surface area (Å²) in [6.07, 6.45) is 9.29. The highest BCUT2D eigenvalue weighted by molar-refractivity contribution is 7.94. The zero-order valence-corrected chi connectivity index (χ0v) is 27.6. The van der Waals surface area contributed by atoms with Gasteiger partial charge in [-0.05, 0) is 69.9 Å². The zero-order chi connectivity index (χ0) is 34.0. The van der Waals surface area contributed by atoms with E-state index in [2.05, 4.69) is 9.37 Å². The van der Waals surface area contributed by atoms with Crippen molar-refractivity contribution in [3.63, 3.8) is 0 Å². The fraction of sp³-hybridized carbons (Fsp3) is 0.406. The number of aliphatic carboxylic acids is 2. The van der Waals surface area contributed by atoms with Crippen molar-refractivity contribution in [1.82, 2.24) is 4.48 Å². The summed E-state index contributed by atoms with van der Waals surface area (Å²) in [5.41, 5.74) is 2.75. The van der Waals surface area contributed by atoms with Crippen LogP contribution in [0.25, 0.3) is 17.2 Å². The van der Waals surface area contributed by atoms with Gasteiger partial charge in [-0.15, -0.1) is 4.33 Å².